The molecule has 0 radical (unpaired) electrons. The molecule has 3 heteroatoms. The normalized spacial score (nSPS) is 23.4. The fourth-order valence-electron chi connectivity index (χ4n) is 1.79. The summed E-state index contributed by atoms with van der Waals surface area (Å²) in [7, 11) is 0. The van der Waals surface area contributed by atoms with Crippen LogP contribution in [0.5, 0.6) is 0 Å². The minimum absolute atomic E-state index is 0.245. The van der Waals surface area contributed by atoms with Gasteiger partial charge in [-0.25, -0.2) is 0 Å². The van der Waals surface area contributed by atoms with Crippen LogP contribution in [0.3, 0.4) is 0 Å². The van der Waals surface area contributed by atoms with E-state index in [9.17, 15) is 4.79 Å². The van der Waals surface area contributed by atoms with Crippen LogP contribution in [-0.2, 0) is 4.79 Å². The number of amides is 1. The van der Waals surface area contributed by atoms with Crippen molar-refractivity contribution in [3.63, 3.8) is 0 Å². The van der Waals surface area contributed by atoms with Crippen molar-refractivity contribution in [2.75, 3.05) is 19.6 Å². The van der Waals surface area contributed by atoms with Gasteiger partial charge < -0.3 is 10.2 Å². The van der Waals surface area contributed by atoms with Crippen LogP contribution in [0.1, 0.15) is 32.1 Å². The number of nitrogens with zero attached hydrogens (tertiary/aromatic N) is 1. The van der Waals surface area contributed by atoms with E-state index in [0.717, 1.165) is 6.54 Å². The first-order chi connectivity index (χ1) is 6.34. The number of carbonyl (C=O) groups excluding carboxylic acids is 1. The molecule has 1 saturated heterocycles. The van der Waals surface area contributed by atoms with E-state index in [4.69, 9.17) is 0 Å². The molecule has 0 bridgehead atoms. The minimum atomic E-state index is 0.245. The molecule has 0 unspecified atom stereocenters. The van der Waals surface area contributed by atoms with Gasteiger partial charge in [0.1, 0.15) is 0 Å². The van der Waals surface area contributed by atoms with E-state index >= 15 is 0 Å². The van der Waals surface area contributed by atoms with Crippen molar-refractivity contribution in [1.29, 1.82) is 0 Å². The lowest BCUT2D eigenvalue weighted by Crippen LogP contribution is -2.30. The molecule has 0 aromatic heterocycles. The first-order valence-electron chi connectivity index (χ1n) is 5.36. The Bertz CT molecular complexity index is 183. The quantitative estimate of drug-likeness (QED) is 0.696. The molecule has 2 aliphatic rings. The standard InChI is InChI=1S/C10H18N2O/c13-10(11-9-3-4-9)5-8-12-6-1-2-7-12/h9H,1-8H2,(H,11,13). The van der Waals surface area contributed by atoms with Crippen LogP contribution in [0.25, 0.3) is 0 Å². The Morgan fingerprint density at radius 3 is 2.62 bits per heavy atom. The highest BCUT2D eigenvalue weighted by molar-refractivity contribution is 5.76. The minimum Gasteiger partial charge on any atom is -0.353 e. The van der Waals surface area contributed by atoms with Gasteiger partial charge in [0.05, 0.1) is 0 Å². The smallest absolute Gasteiger partial charge is 0.221 e. The van der Waals surface area contributed by atoms with Crippen LogP contribution in [0.15, 0.2) is 0 Å². The topological polar surface area (TPSA) is 32.3 Å². The molecule has 1 amide bonds. The summed E-state index contributed by atoms with van der Waals surface area (Å²) in [6, 6.07) is 0.520. The molecular formula is C10H18N2O. The van der Waals surface area contributed by atoms with Gasteiger partial charge in [0, 0.05) is 19.0 Å². The molecular weight excluding hydrogens is 164 g/mol. The fraction of sp³-hybridized carbons (Fsp3) is 0.900. The van der Waals surface area contributed by atoms with Crippen LogP contribution in [0, 0.1) is 0 Å². The van der Waals surface area contributed by atoms with Crippen molar-refractivity contribution in [2.24, 2.45) is 0 Å². The summed E-state index contributed by atoms with van der Waals surface area (Å²) in [5.74, 6) is 0.245. The lowest BCUT2D eigenvalue weighted by Gasteiger charge is -2.13. The third kappa shape index (κ3) is 2.99. The van der Waals surface area contributed by atoms with Gasteiger partial charge in [-0.1, -0.05) is 0 Å². The Hall–Kier alpha value is -0.570. The van der Waals surface area contributed by atoms with E-state index in [-0.39, 0.29) is 5.91 Å². The zero-order valence-electron chi connectivity index (χ0n) is 8.09. The van der Waals surface area contributed by atoms with Gasteiger partial charge in [-0.3, -0.25) is 4.79 Å². The number of nitrogens with one attached hydrogen (secondary N) is 1. The Balaban J connectivity index is 1.57. The fourth-order valence-corrected chi connectivity index (χ4v) is 1.79. The van der Waals surface area contributed by atoms with E-state index in [1.165, 1.54) is 38.8 Å². The predicted molar refractivity (Wildman–Crippen MR) is 51.5 cm³/mol. The van der Waals surface area contributed by atoms with Crippen LogP contribution < -0.4 is 5.32 Å². The lowest BCUT2D eigenvalue weighted by molar-refractivity contribution is -0.121. The van der Waals surface area contributed by atoms with Crippen LogP contribution in [0.2, 0.25) is 0 Å². The van der Waals surface area contributed by atoms with Crippen molar-refractivity contribution < 1.29 is 4.79 Å². The highest BCUT2D eigenvalue weighted by atomic mass is 16.1. The summed E-state index contributed by atoms with van der Waals surface area (Å²) in [4.78, 5) is 13.7. The van der Waals surface area contributed by atoms with E-state index < -0.39 is 0 Å². The summed E-state index contributed by atoms with van der Waals surface area (Å²) in [6.45, 7) is 3.34. The van der Waals surface area contributed by atoms with Gasteiger partial charge in [0.2, 0.25) is 5.91 Å². The second-order valence-electron chi connectivity index (χ2n) is 4.14. The SMILES string of the molecule is O=C(CCN1CCCC1)NC1CC1. The third-order valence-corrected chi connectivity index (χ3v) is 2.80. The molecule has 1 N–H and O–H groups in total. The van der Waals surface area contributed by atoms with Gasteiger partial charge in [-0.2, -0.15) is 0 Å². The van der Waals surface area contributed by atoms with Gasteiger partial charge in [0.15, 0.2) is 0 Å². The third-order valence-electron chi connectivity index (χ3n) is 2.80. The maximum atomic E-state index is 11.3. The van der Waals surface area contributed by atoms with Crippen LogP contribution >= 0.6 is 0 Å². The summed E-state index contributed by atoms with van der Waals surface area (Å²) in [6.07, 6.45) is 5.69. The monoisotopic (exact) mass is 182 g/mol. The first kappa shape index (κ1) is 9.00. The second kappa shape index (κ2) is 4.09. The highest BCUT2D eigenvalue weighted by Gasteiger charge is 2.23. The molecule has 2 rings (SSSR count). The van der Waals surface area contributed by atoms with Crippen molar-refractivity contribution in [2.45, 2.75) is 38.1 Å². The Kier molecular flexibility index (Phi) is 2.83. The molecule has 2 fully saturated rings. The molecule has 1 aliphatic carbocycles. The lowest BCUT2D eigenvalue weighted by atomic mass is 10.3. The Labute approximate surface area is 79.5 Å². The Morgan fingerprint density at radius 1 is 1.31 bits per heavy atom. The van der Waals surface area contributed by atoms with Gasteiger partial charge in [0.25, 0.3) is 0 Å². The maximum Gasteiger partial charge on any atom is 0.221 e. The molecule has 0 spiro atoms. The summed E-state index contributed by atoms with van der Waals surface area (Å²) in [5, 5.41) is 3.01. The molecule has 1 saturated carbocycles. The largest absolute Gasteiger partial charge is 0.353 e. The van der Waals surface area contributed by atoms with Gasteiger partial charge in [-0.05, 0) is 38.8 Å². The zero-order valence-corrected chi connectivity index (χ0v) is 8.09. The number of hydrogen-bond donors (Lipinski definition) is 1. The Morgan fingerprint density at radius 2 is 2.00 bits per heavy atom. The number of carbonyl (C=O) groups is 1. The summed E-state index contributed by atoms with van der Waals surface area (Å²) >= 11 is 0. The van der Waals surface area contributed by atoms with E-state index in [1.54, 1.807) is 0 Å². The van der Waals surface area contributed by atoms with Gasteiger partial charge >= 0.3 is 0 Å². The molecule has 0 aromatic rings. The average Bonchev–Trinajstić information content (AvgIpc) is 2.78. The van der Waals surface area contributed by atoms with Crippen LogP contribution in [0.4, 0.5) is 0 Å². The molecule has 13 heavy (non-hydrogen) atoms. The van der Waals surface area contributed by atoms with E-state index in [0.29, 0.717) is 12.5 Å². The van der Waals surface area contributed by atoms with E-state index in [1.807, 2.05) is 0 Å². The predicted octanol–water partition coefficient (Wildman–Crippen LogP) is 0.751. The molecule has 3 nitrogen and oxygen atoms in total. The number of likely N-dealkylation sites (tertiary alicyclic amines) is 1. The van der Waals surface area contributed by atoms with Crippen molar-refractivity contribution >= 4 is 5.91 Å². The van der Waals surface area contributed by atoms with Crippen molar-refractivity contribution in [3.05, 3.63) is 0 Å². The molecule has 1 heterocycles. The number of rotatable bonds is 4. The van der Waals surface area contributed by atoms with Crippen molar-refractivity contribution in [1.82, 2.24) is 10.2 Å². The van der Waals surface area contributed by atoms with Gasteiger partial charge in [-0.15, -0.1) is 0 Å². The molecule has 74 valence electrons. The summed E-state index contributed by atoms with van der Waals surface area (Å²) < 4.78 is 0. The highest BCUT2D eigenvalue weighted by Crippen LogP contribution is 2.18. The van der Waals surface area contributed by atoms with Crippen molar-refractivity contribution in [3.8, 4) is 0 Å². The maximum absolute atomic E-state index is 11.3. The zero-order chi connectivity index (χ0) is 9.10. The number of hydrogen-bond acceptors (Lipinski definition) is 2. The average molecular weight is 182 g/mol. The molecule has 0 atom stereocenters. The summed E-state index contributed by atoms with van der Waals surface area (Å²) in [5.41, 5.74) is 0. The second-order valence-corrected chi connectivity index (χ2v) is 4.14. The van der Waals surface area contributed by atoms with Crippen LogP contribution in [-0.4, -0.2) is 36.5 Å². The molecule has 1 aliphatic heterocycles. The van der Waals surface area contributed by atoms with E-state index in [2.05, 4.69) is 10.2 Å². The first-order valence-corrected chi connectivity index (χ1v) is 5.36. The molecule has 0 aromatic carbocycles.